The lowest BCUT2D eigenvalue weighted by Gasteiger charge is -2.21. The maximum Gasteiger partial charge on any atom is 0.120 e. The summed E-state index contributed by atoms with van der Waals surface area (Å²) in [7, 11) is 0. The van der Waals surface area contributed by atoms with Gasteiger partial charge in [-0.3, -0.25) is 0 Å². The van der Waals surface area contributed by atoms with Crippen LogP contribution in [0.2, 0.25) is 0 Å². The van der Waals surface area contributed by atoms with Gasteiger partial charge in [0.25, 0.3) is 0 Å². The Labute approximate surface area is 107 Å². The molecule has 17 heavy (non-hydrogen) atoms. The summed E-state index contributed by atoms with van der Waals surface area (Å²) in [4.78, 5) is 0. The molecule has 0 N–H and O–H groups in total. The first-order valence-electron chi connectivity index (χ1n) is 6.65. The fourth-order valence-electron chi connectivity index (χ4n) is 1.52. The van der Waals surface area contributed by atoms with Crippen LogP contribution in [-0.4, -0.2) is 5.60 Å². The van der Waals surface area contributed by atoms with E-state index in [1.807, 2.05) is 13.8 Å². The Bertz CT molecular complexity index is 290. The van der Waals surface area contributed by atoms with Crippen LogP contribution in [0.4, 0.5) is 0 Å². The second-order valence-corrected chi connectivity index (χ2v) is 5.46. The molecule has 0 amide bonds. The maximum atomic E-state index is 5.76. The van der Waals surface area contributed by atoms with Crippen molar-refractivity contribution in [1.29, 1.82) is 0 Å². The molecule has 1 heteroatoms. The molecule has 0 atom stereocenters. The molecule has 0 spiro atoms. The monoisotopic (exact) mass is 236 g/mol. The van der Waals surface area contributed by atoms with Gasteiger partial charge in [-0.15, -0.1) is 0 Å². The fourth-order valence-corrected chi connectivity index (χ4v) is 1.52. The van der Waals surface area contributed by atoms with E-state index in [1.165, 1.54) is 5.56 Å². The summed E-state index contributed by atoms with van der Waals surface area (Å²) in [6, 6.07) is 8.42. The second kappa shape index (κ2) is 7.37. The minimum atomic E-state index is -0.112. The molecule has 0 bridgehead atoms. The van der Waals surface area contributed by atoms with Crippen molar-refractivity contribution >= 4 is 0 Å². The van der Waals surface area contributed by atoms with E-state index in [0.717, 1.165) is 12.2 Å². The van der Waals surface area contributed by atoms with E-state index >= 15 is 0 Å². The number of ether oxygens (including phenoxy) is 1. The molecule has 0 saturated heterocycles. The topological polar surface area (TPSA) is 9.23 Å². The molecular formula is C16H28O. The van der Waals surface area contributed by atoms with Crippen molar-refractivity contribution < 1.29 is 4.74 Å². The van der Waals surface area contributed by atoms with Gasteiger partial charge in [0, 0.05) is 0 Å². The first kappa shape index (κ1) is 16.0. The number of hydrogen-bond donors (Lipinski definition) is 0. The maximum absolute atomic E-state index is 5.76. The van der Waals surface area contributed by atoms with Crippen LogP contribution >= 0.6 is 0 Å². The lowest BCUT2D eigenvalue weighted by Crippen LogP contribution is -2.22. The highest BCUT2D eigenvalue weighted by atomic mass is 16.5. The first-order valence-corrected chi connectivity index (χ1v) is 6.65. The highest BCUT2D eigenvalue weighted by Crippen LogP contribution is 2.19. The Hall–Kier alpha value is -0.980. The molecule has 1 aromatic rings. The normalized spacial score (nSPS) is 10.8. The molecule has 0 radical (unpaired) electrons. The predicted octanol–water partition coefficient (Wildman–Crippen LogP) is 5.09. The molecule has 1 nitrogen and oxygen atoms in total. The van der Waals surface area contributed by atoms with E-state index in [0.29, 0.717) is 5.92 Å². The van der Waals surface area contributed by atoms with Gasteiger partial charge in [-0.25, -0.2) is 0 Å². The molecular weight excluding hydrogens is 208 g/mol. The number of hydrogen-bond acceptors (Lipinski definition) is 1. The molecule has 0 unspecified atom stereocenters. The molecule has 0 aliphatic heterocycles. The Kier molecular flexibility index (Phi) is 6.94. The zero-order valence-corrected chi connectivity index (χ0v) is 12.5. The van der Waals surface area contributed by atoms with Gasteiger partial charge in [-0.2, -0.15) is 0 Å². The van der Waals surface area contributed by atoms with Crippen molar-refractivity contribution in [2.45, 2.75) is 60.5 Å². The van der Waals surface area contributed by atoms with Gasteiger partial charge in [-0.05, 0) is 50.8 Å². The summed E-state index contributed by atoms with van der Waals surface area (Å²) >= 11 is 0. The largest absolute Gasteiger partial charge is 0.488 e. The fraction of sp³-hybridized carbons (Fsp3) is 0.625. The summed E-state index contributed by atoms with van der Waals surface area (Å²) < 4.78 is 5.76. The molecule has 0 heterocycles. The summed E-state index contributed by atoms with van der Waals surface area (Å²) in [5.74, 6) is 1.66. The molecule has 1 aromatic carbocycles. The summed E-state index contributed by atoms with van der Waals surface area (Å²) in [6.45, 7) is 14.7. The van der Waals surface area contributed by atoms with Crippen LogP contribution in [0.15, 0.2) is 24.3 Å². The van der Waals surface area contributed by atoms with Crippen molar-refractivity contribution in [2.24, 2.45) is 5.92 Å². The lowest BCUT2D eigenvalue weighted by atomic mass is 10.0. The van der Waals surface area contributed by atoms with Gasteiger partial charge < -0.3 is 4.74 Å². The average Bonchev–Trinajstić information content (AvgIpc) is 2.21. The quantitative estimate of drug-likeness (QED) is 0.710. The van der Waals surface area contributed by atoms with Crippen molar-refractivity contribution in [3.63, 3.8) is 0 Å². The smallest absolute Gasteiger partial charge is 0.120 e. The summed E-state index contributed by atoms with van der Waals surface area (Å²) in [6.07, 6.45) is 1.13. The van der Waals surface area contributed by atoms with Crippen LogP contribution in [0.3, 0.4) is 0 Å². The van der Waals surface area contributed by atoms with Crippen molar-refractivity contribution in [1.82, 2.24) is 0 Å². The minimum absolute atomic E-state index is 0.112. The van der Waals surface area contributed by atoms with Crippen molar-refractivity contribution in [3.8, 4) is 5.75 Å². The van der Waals surface area contributed by atoms with Gasteiger partial charge in [0.2, 0.25) is 0 Å². The highest BCUT2D eigenvalue weighted by molar-refractivity contribution is 5.27. The van der Waals surface area contributed by atoms with Crippen LogP contribution < -0.4 is 4.74 Å². The number of rotatable bonds is 3. The Morgan fingerprint density at radius 1 is 1.00 bits per heavy atom. The van der Waals surface area contributed by atoms with Gasteiger partial charge in [0.1, 0.15) is 11.4 Å². The highest BCUT2D eigenvalue weighted by Gasteiger charge is 2.11. The van der Waals surface area contributed by atoms with Crippen LogP contribution in [0.25, 0.3) is 0 Å². The summed E-state index contributed by atoms with van der Waals surface area (Å²) in [5, 5.41) is 0. The first-order chi connectivity index (χ1) is 7.87. The second-order valence-electron chi connectivity index (χ2n) is 5.46. The third-order valence-corrected chi connectivity index (χ3v) is 1.99. The minimum Gasteiger partial charge on any atom is -0.488 e. The van der Waals surface area contributed by atoms with Crippen molar-refractivity contribution in [3.05, 3.63) is 29.8 Å². The molecule has 0 fully saturated rings. The lowest BCUT2D eigenvalue weighted by molar-refractivity contribution is 0.131. The molecule has 0 saturated carbocycles. The van der Waals surface area contributed by atoms with Crippen LogP contribution in [0, 0.1) is 5.92 Å². The zero-order chi connectivity index (χ0) is 13.5. The standard InChI is InChI=1S/C14H22O.C2H6/c1-11(2)10-12-6-8-13(9-7-12)15-14(3,4)5;1-2/h6-9,11H,10H2,1-5H3;1-2H3. The SMILES string of the molecule is CC.CC(C)Cc1ccc(OC(C)(C)C)cc1. The van der Waals surface area contributed by atoms with E-state index in [4.69, 9.17) is 4.74 Å². The summed E-state index contributed by atoms with van der Waals surface area (Å²) in [5.41, 5.74) is 1.27. The molecule has 0 aliphatic carbocycles. The average molecular weight is 236 g/mol. The molecule has 98 valence electrons. The third kappa shape index (κ3) is 7.84. The van der Waals surface area contributed by atoms with Gasteiger partial charge >= 0.3 is 0 Å². The number of benzene rings is 1. The molecule has 0 aliphatic rings. The predicted molar refractivity (Wildman–Crippen MR) is 76.7 cm³/mol. The van der Waals surface area contributed by atoms with Gasteiger partial charge in [0.15, 0.2) is 0 Å². The van der Waals surface area contributed by atoms with Crippen molar-refractivity contribution in [2.75, 3.05) is 0 Å². The van der Waals surface area contributed by atoms with E-state index in [9.17, 15) is 0 Å². The third-order valence-electron chi connectivity index (χ3n) is 1.99. The van der Waals surface area contributed by atoms with E-state index in [2.05, 4.69) is 58.9 Å². The van der Waals surface area contributed by atoms with Crippen LogP contribution in [-0.2, 0) is 6.42 Å². The zero-order valence-electron chi connectivity index (χ0n) is 12.5. The van der Waals surface area contributed by atoms with Gasteiger partial charge in [-0.1, -0.05) is 39.8 Å². The Morgan fingerprint density at radius 3 is 1.82 bits per heavy atom. The Morgan fingerprint density at radius 2 is 1.47 bits per heavy atom. The van der Waals surface area contributed by atoms with Crippen LogP contribution in [0.1, 0.15) is 54.0 Å². The van der Waals surface area contributed by atoms with Gasteiger partial charge in [0.05, 0.1) is 0 Å². The molecule has 1 rings (SSSR count). The van der Waals surface area contributed by atoms with E-state index in [1.54, 1.807) is 0 Å². The molecule has 0 aromatic heterocycles. The Balaban J connectivity index is 0.00000121. The van der Waals surface area contributed by atoms with E-state index < -0.39 is 0 Å². The van der Waals surface area contributed by atoms with Crippen LogP contribution in [0.5, 0.6) is 5.75 Å². The van der Waals surface area contributed by atoms with E-state index in [-0.39, 0.29) is 5.60 Å².